The highest BCUT2D eigenvalue weighted by Gasteiger charge is 2.37. The third-order valence-electron chi connectivity index (χ3n) is 4.88. The van der Waals surface area contributed by atoms with Gasteiger partial charge in [0.05, 0.1) is 0 Å². The Labute approximate surface area is 142 Å². The molecular formula is C19H23N3O2. The first-order valence-electron chi connectivity index (χ1n) is 8.21. The van der Waals surface area contributed by atoms with E-state index < -0.39 is 11.9 Å². The standard InChI is InChI=1S/C19H23N3O2/c20-19(16-9-5-2-6-10-16)11-13-22(14-12-19)17(18(23)21-24)15-7-3-1-4-8-15/h1-10,17,24H,11-14,20H2,(H,21,23). The van der Waals surface area contributed by atoms with E-state index in [4.69, 9.17) is 10.9 Å². The Morgan fingerprint density at radius 1 is 1.04 bits per heavy atom. The minimum absolute atomic E-state index is 0.366. The number of nitrogens with one attached hydrogen (secondary N) is 1. The Hall–Kier alpha value is -2.21. The number of hydrogen-bond donors (Lipinski definition) is 3. The van der Waals surface area contributed by atoms with E-state index in [1.54, 1.807) is 5.48 Å². The predicted octanol–water partition coefficient (Wildman–Crippen LogP) is 2.18. The molecule has 5 heteroatoms. The zero-order valence-electron chi connectivity index (χ0n) is 13.6. The summed E-state index contributed by atoms with van der Waals surface area (Å²) >= 11 is 0. The van der Waals surface area contributed by atoms with Crippen molar-refractivity contribution in [3.05, 3.63) is 71.8 Å². The summed E-state index contributed by atoms with van der Waals surface area (Å²) < 4.78 is 0. The van der Waals surface area contributed by atoms with Crippen molar-refractivity contribution in [2.24, 2.45) is 5.73 Å². The maximum absolute atomic E-state index is 12.2. The fourth-order valence-electron chi connectivity index (χ4n) is 3.46. The number of rotatable bonds is 4. The second kappa shape index (κ2) is 7.13. The van der Waals surface area contributed by atoms with Crippen molar-refractivity contribution in [1.29, 1.82) is 0 Å². The quantitative estimate of drug-likeness (QED) is 0.595. The number of carbonyl (C=O) groups is 1. The summed E-state index contributed by atoms with van der Waals surface area (Å²) in [4.78, 5) is 14.3. The summed E-state index contributed by atoms with van der Waals surface area (Å²) in [5, 5.41) is 9.13. The molecule has 0 radical (unpaired) electrons. The van der Waals surface area contributed by atoms with Crippen LogP contribution >= 0.6 is 0 Å². The SMILES string of the molecule is NC1(c2ccccc2)CCN(C(C(=O)NO)c2ccccc2)CC1. The average molecular weight is 325 g/mol. The van der Waals surface area contributed by atoms with Gasteiger partial charge in [-0.05, 0) is 24.0 Å². The van der Waals surface area contributed by atoms with Crippen LogP contribution in [0.1, 0.15) is 30.0 Å². The van der Waals surface area contributed by atoms with Crippen LogP contribution in [0.15, 0.2) is 60.7 Å². The maximum atomic E-state index is 12.2. The molecular weight excluding hydrogens is 302 g/mol. The van der Waals surface area contributed by atoms with Crippen LogP contribution in [-0.4, -0.2) is 29.1 Å². The average Bonchev–Trinajstić information content (AvgIpc) is 2.65. The minimum Gasteiger partial charge on any atom is -0.321 e. The van der Waals surface area contributed by atoms with E-state index >= 15 is 0 Å². The lowest BCUT2D eigenvalue weighted by atomic mass is 9.81. The van der Waals surface area contributed by atoms with Gasteiger partial charge in [-0.1, -0.05) is 60.7 Å². The number of benzene rings is 2. The Morgan fingerprint density at radius 3 is 2.12 bits per heavy atom. The topological polar surface area (TPSA) is 78.6 Å². The molecule has 1 atom stereocenters. The van der Waals surface area contributed by atoms with Gasteiger partial charge in [-0.15, -0.1) is 0 Å². The number of hydrogen-bond acceptors (Lipinski definition) is 4. The van der Waals surface area contributed by atoms with Crippen LogP contribution in [0, 0.1) is 0 Å². The summed E-state index contributed by atoms with van der Waals surface area (Å²) in [7, 11) is 0. The van der Waals surface area contributed by atoms with E-state index in [-0.39, 0.29) is 5.54 Å². The maximum Gasteiger partial charge on any atom is 0.265 e. The van der Waals surface area contributed by atoms with Crippen LogP contribution in [0.3, 0.4) is 0 Å². The minimum atomic E-state index is -0.503. The van der Waals surface area contributed by atoms with Crippen LogP contribution in [0.5, 0.6) is 0 Å². The first-order valence-corrected chi connectivity index (χ1v) is 8.21. The number of piperidine rings is 1. The molecule has 2 aromatic rings. The van der Waals surface area contributed by atoms with Gasteiger partial charge in [0.1, 0.15) is 6.04 Å². The van der Waals surface area contributed by atoms with Crippen molar-refractivity contribution in [3.63, 3.8) is 0 Å². The lowest BCUT2D eigenvalue weighted by Crippen LogP contribution is -2.51. The molecule has 4 N–H and O–H groups in total. The third kappa shape index (κ3) is 3.33. The molecule has 0 aromatic heterocycles. The molecule has 1 aliphatic heterocycles. The molecule has 0 saturated carbocycles. The van der Waals surface area contributed by atoms with E-state index in [1.165, 1.54) is 0 Å². The van der Waals surface area contributed by atoms with Crippen molar-refractivity contribution >= 4 is 5.91 Å². The first-order chi connectivity index (χ1) is 11.6. The zero-order valence-corrected chi connectivity index (χ0v) is 13.6. The highest BCUT2D eigenvalue weighted by atomic mass is 16.5. The summed E-state index contributed by atoms with van der Waals surface area (Å²) in [5.41, 5.74) is 10.0. The molecule has 1 unspecified atom stereocenters. The number of carbonyl (C=O) groups excluding carboxylic acids is 1. The van der Waals surface area contributed by atoms with Gasteiger partial charge in [-0.25, -0.2) is 5.48 Å². The highest BCUT2D eigenvalue weighted by molar-refractivity contribution is 5.82. The smallest absolute Gasteiger partial charge is 0.265 e. The van der Waals surface area contributed by atoms with Crippen molar-refractivity contribution < 1.29 is 10.0 Å². The van der Waals surface area contributed by atoms with E-state index in [9.17, 15) is 4.79 Å². The number of likely N-dealkylation sites (tertiary alicyclic amines) is 1. The van der Waals surface area contributed by atoms with Gasteiger partial charge in [-0.3, -0.25) is 14.9 Å². The van der Waals surface area contributed by atoms with Gasteiger partial charge >= 0.3 is 0 Å². The Balaban J connectivity index is 1.77. The second-order valence-electron chi connectivity index (χ2n) is 6.35. The number of hydroxylamine groups is 1. The Bertz CT molecular complexity index is 668. The third-order valence-corrected chi connectivity index (χ3v) is 4.88. The van der Waals surface area contributed by atoms with Gasteiger partial charge in [-0.2, -0.15) is 0 Å². The van der Waals surface area contributed by atoms with Gasteiger partial charge in [0.15, 0.2) is 0 Å². The molecule has 0 aliphatic carbocycles. The molecule has 1 saturated heterocycles. The molecule has 126 valence electrons. The van der Waals surface area contributed by atoms with E-state index in [2.05, 4.69) is 17.0 Å². The molecule has 1 fully saturated rings. The Kier molecular flexibility index (Phi) is 4.94. The first kappa shape index (κ1) is 16.6. The summed E-state index contributed by atoms with van der Waals surface area (Å²) in [5.74, 6) is -0.412. The zero-order chi connectivity index (χ0) is 17.0. The summed E-state index contributed by atoms with van der Waals surface area (Å²) in [6.45, 7) is 1.39. The molecule has 3 rings (SSSR count). The lowest BCUT2D eigenvalue weighted by Gasteiger charge is -2.42. The molecule has 1 heterocycles. The molecule has 5 nitrogen and oxygen atoms in total. The monoisotopic (exact) mass is 325 g/mol. The van der Waals surface area contributed by atoms with Crippen LogP contribution in [-0.2, 0) is 10.3 Å². The van der Waals surface area contributed by atoms with E-state index in [1.807, 2.05) is 48.5 Å². The Morgan fingerprint density at radius 2 is 1.58 bits per heavy atom. The van der Waals surface area contributed by atoms with Crippen LogP contribution in [0.25, 0.3) is 0 Å². The largest absolute Gasteiger partial charge is 0.321 e. The predicted molar refractivity (Wildman–Crippen MR) is 92.2 cm³/mol. The number of nitrogens with two attached hydrogens (primary N) is 1. The van der Waals surface area contributed by atoms with Gasteiger partial charge in [0.2, 0.25) is 0 Å². The fraction of sp³-hybridized carbons (Fsp3) is 0.316. The van der Waals surface area contributed by atoms with Crippen LogP contribution < -0.4 is 11.2 Å². The van der Waals surface area contributed by atoms with Crippen molar-refractivity contribution in [1.82, 2.24) is 10.4 Å². The number of nitrogens with zero attached hydrogens (tertiary/aromatic N) is 1. The molecule has 1 aliphatic rings. The highest BCUT2D eigenvalue weighted by Crippen LogP contribution is 2.34. The summed E-state index contributed by atoms with van der Waals surface area (Å²) in [6.07, 6.45) is 1.53. The van der Waals surface area contributed by atoms with Crippen molar-refractivity contribution in [2.45, 2.75) is 24.4 Å². The van der Waals surface area contributed by atoms with E-state index in [0.717, 1.165) is 24.0 Å². The van der Waals surface area contributed by atoms with Gasteiger partial charge in [0, 0.05) is 18.6 Å². The molecule has 0 bridgehead atoms. The van der Waals surface area contributed by atoms with Gasteiger partial charge in [0.25, 0.3) is 5.91 Å². The normalized spacial score (nSPS) is 18.8. The molecule has 2 aromatic carbocycles. The van der Waals surface area contributed by atoms with Crippen LogP contribution in [0.4, 0.5) is 0 Å². The van der Waals surface area contributed by atoms with Crippen LogP contribution in [0.2, 0.25) is 0 Å². The van der Waals surface area contributed by atoms with Crippen molar-refractivity contribution in [3.8, 4) is 0 Å². The number of amides is 1. The van der Waals surface area contributed by atoms with Gasteiger partial charge < -0.3 is 5.73 Å². The van der Waals surface area contributed by atoms with E-state index in [0.29, 0.717) is 13.1 Å². The fourth-order valence-corrected chi connectivity index (χ4v) is 3.46. The molecule has 0 spiro atoms. The molecule has 1 amide bonds. The van der Waals surface area contributed by atoms with Crippen molar-refractivity contribution in [2.75, 3.05) is 13.1 Å². The molecule has 24 heavy (non-hydrogen) atoms. The summed E-state index contributed by atoms with van der Waals surface area (Å²) in [6, 6.07) is 19.1. The second-order valence-corrected chi connectivity index (χ2v) is 6.35. The lowest BCUT2D eigenvalue weighted by molar-refractivity contribution is -0.136.